The van der Waals surface area contributed by atoms with E-state index >= 15 is 0 Å². The molecule has 1 aromatic carbocycles. The number of fused-ring (bicyclic) bond motifs is 2. The highest BCUT2D eigenvalue weighted by Gasteiger charge is 2.57. The minimum Gasteiger partial charge on any atom is -0.345 e. The number of benzene rings is 1. The van der Waals surface area contributed by atoms with Crippen LogP contribution >= 0.6 is 0 Å². The number of carbonyl (C=O) groups excluding carboxylic acids is 1. The largest absolute Gasteiger partial charge is 0.345 e. The van der Waals surface area contributed by atoms with Gasteiger partial charge >= 0.3 is 0 Å². The van der Waals surface area contributed by atoms with Gasteiger partial charge in [-0.05, 0) is 45.7 Å². The van der Waals surface area contributed by atoms with E-state index in [4.69, 9.17) is 0 Å². The van der Waals surface area contributed by atoms with Gasteiger partial charge in [0.15, 0.2) is 0 Å². The van der Waals surface area contributed by atoms with E-state index in [0.717, 1.165) is 35.2 Å². The molecule has 5 heteroatoms. The Hall–Kier alpha value is -2.01. The lowest BCUT2D eigenvalue weighted by Crippen LogP contribution is -2.44. The number of nitrogens with one attached hydrogen (secondary N) is 2. The second kappa shape index (κ2) is 4.99. The van der Waals surface area contributed by atoms with Gasteiger partial charge in [-0.2, -0.15) is 10.2 Å². The van der Waals surface area contributed by atoms with Crippen LogP contribution in [0, 0.1) is 24.7 Å². The molecule has 2 fully saturated rings. The first-order valence-electron chi connectivity index (χ1n) is 8.24. The normalized spacial score (nSPS) is 26.1. The Morgan fingerprint density at radius 2 is 1.83 bits per heavy atom. The highest BCUT2D eigenvalue weighted by molar-refractivity contribution is 5.88. The average Bonchev–Trinajstić information content (AvgIpc) is 3.01. The maximum atomic E-state index is 12.6. The van der Waals surface area contributed by atoms with Crippen LogP contribution in [-0.4, -0.2) is 29.2 Å². The van der Waals surface area contributed by atoms with E-state index in [9.17, 15) is 4.79 Å². The molecule has 1 saturated heterocycles. The molecular formula is C18H22N4O. The van der Waals surface area contributed by atoms with Gasteiger partial charge in [0, 0.05) is 16.7 Å². The summed E-state index contributed by atoms with van der Waals surface area (Å²) in [7, 11) is 0. The SMILES string of the molecule is Cc1nnc(C(C)(C)NC(=O)[C@H]2[C@@H]3CNC[C@@H]32)c2ccccc12. The number of hydrogen-bond acceptors (Lipinski definition) is 4. The molecule has 0 radical (unpaired) electrons. The number of rotatable bonds is 3. The van der Waals surface area contributed by atoms with Gasteiger partial charge in [-0.15, -0.1) is 0 Å². The number of aromatic nitrogens is 2. The summed E-state index contributed by atoms with van der Waals surface area (Å²) in [4.78, 5) is 12.6. The van der Waals surface area contributed by atoms with Crippen molar-refractivity contribution in [1.82, 2.24) is 20.8 Å². The molecule has 2 aliphatic rings. The molecule has 120 valence electrons. The van der Waals surface area contributed by atoms with Gasteiger partial charge in [0.1, 0.15) is 0 Å². The summed E-state index contributed by atoms with van der Waals surface area (Å²) in [6.07, 6.45) is 0. The molecule has 1 aromatic heterocycles. The Labute approximate surface area is 135 Å². The first kappa shape index (κ1) is 14.6. The van der Waals surface area contributed by atoms with Crippen molar-refractivity contribution in [3.05, 3.63) is 35.7 Å². The van der Waals surface area contributed by atoms with Crippen LogP contribution in [-0.2, 0) is 10.3 Å². The number of hydrogen-bond donors (Lipinski definition) is 2. The molecule has 2 aromatic rings. The fraction of sp³-hybridized carbons (Fsp3) is 0.500. The van der Waals surface area contributed by atoms with Crippen LogP contribution in [0.25, 0.3) is 10.8 Å². The van der Waals surface area contributed by atoms with Crippen molar-refractivity contribution in [2.45, 2.75) is 26.3 Å². The zero-order valence-electron chi connectivity index (χ0n) is 13.8. The lowest BCUT2D eigenvalue weighted by molar-refractivity contribution is -0.124. The zero-order chi connectivity index (χ0) is 16.2. The van der Waals surface area contributed by atoms with Gasteiger partial charge in [-0.3, -0.25) is 4.79 Å². The van der Waals surface area contributed by atoms with Gasteiger partial charge in [0.2, 0.25) is 5.91 Å². The summed E-state index contributed by atoms with van der Waals surface area (Å²) in [6.45, 7) is 7.91. The quantitative estimate of drug-likeness (QED) is 0.906. The maximum absolute atomic E-state index is 12.6. The van der Waals surface area contributed by atoms with Crippen LogP contribution in [0.5, 0.6) is 0 Å². The summed E-state index contributed by atoms with van der Waals surface area (Å²) in [5.41, 5.74) is 1.20. The Morgan fingerprint density at radius 1 is 1.17 bits per heavy atom. The van der Waals surface area contributed by atoms with Gasteiger partial charge in [0.05, 0.1) is 16.9 Å². The van der Waals surface area contributed by atoms with Gasteiger partial charge in [0.25, 0.3) is 0 Å². The summed E-state index contributed by atoms with van der Waals surface area (Å²) >= 11 is 0. The lowest BCUT2D eigenvalue weighted by atomic mass is 9.94. The van der Waals surface area contributed by atoms with Gasteiger partial charge in [-0.25, -0.2) is 0 Å². The van der Waals surface area contributed by atoms with Crippen LogP contribution in [0.1, 0.15) is 25.2 Å². The third-order valence-electron chi connectivity index (χ3n) is 5.29. The molecular weight excluding hydrogens is 288 g/mol. The number of carbonyl (C=O) groups is 1. The highest BCUT2D eigenvalue weighted by Crippen LogP contribution is 2.49. The van der Waals surface area contributed by atoms with Crippen molar-refractivity contribution in [2.75, 3.05) is 13.1 Å². The number of nitrogens with zero attached hydrogens (tertiary/aromatic N) is 2. The topological polar surface area (TPSA) is 66.9 Å². The first-order chi connectivity index (χ1) is 11.0. The summed E-state index contributed by atoms with van der Waals surface area (Å²) < 4.78 is 0. The van der Waals surface area contributed by atoms with E-state index in [1.807, 2.05) is 32.9 Å². The summed E-state index contributed by atoms with van der Waals surface area (Å²) in [5, 5.41) is 17.4. The molecule has 23 heavy (non-hydrogen) atoms. The van der Waals surface area contributed by atoms with E-state index in [-0.39, 0.29) is 11.8 Å². The van der Waals surface area contributed by atoms with E-state index in [1.54, 1.807) is 0 Å². The monoisotopic (exact) mass is 310 g/mol. The molecule has 3 atom stereocenters. The van der Waals surface area contributed by atoms with Crippen molar-refractivity contribution < 1.29 is 4.79 Å². The molecule has 1 aliphatic carbocycles. The molecule has 0 spiro atoms. The standard InChI is InChI=1S/C18H22N4O/c1-10-11-6-4-5-7-12(11)16(22-21-10)18(2,3)20-17(23)15-13-8-19-9-14(13)15/h4-7,13-15,19H,8-9H2,1-3H3,(H,20,23)/t13-,14+,15+. The van der Waals surface area contributed by atoms with Crippen LogP contribution in [0.3, 0.4) is 0 Å². The predicted molar refractivity (Wildman–Crippen MR) is 88.8 cm³/mol. The van der Waals surface area contributed by atoms with E-state index in [0.29, 0.717) is 11.8 Å². The maximum Gasteiger partial charge on any atom is 0.224 e. The lowest BCUT2D eigenvalue weighted by Gasteiger charge is -2.27. The molecule has 0 unspecified atom stereocenters. The molecule has 0 bridgehead atoms. The Bertz CT molecular complexity index is 776. The minimum absolute atomic E-state index is 0.151. The van der Waals surface area contributed by atoms with Crippen LogP contribution < -0.4 is 10.6 Å². The van der Waals surface area contributed by atoms with Crippen molar-refractivity contribution in [3.8, 4) is 0 Å². The second-order valence-electron chi connectivity index (χ2n) is 7.31. The van der Waals surface area contributed by atoms with E-state index in [1.165, 1.54) is 0 Å². The highest BCUT2D eigenvalue weighted by atomic mass is 16.2. The molecule has 1 amide bonds. The zero-order valence-corrected chi connectivity index (χ0v) is 13.8. The Balaban J connectivity index is 1.64. The molecule has 4 rings (SSSR count). The smallest absolute Gasteiger partial charge is 0.224 e. The van der Waals surface area contributed by atoms with Crippen LogP contribution in [0.4, 0.5) is 0 Å². The fourth-order valence-electron chi connectivity index (χ4n) is 3.96. The van der Waals surface area contributed by atoms with Crippen LogP contribution in [0.2, 0.25) is 0 Å². The summed E-state index contributed by atoms with van der Waals surface area (Å²) in [6, 6.07) is 8.11. The number of amides is 1. The number of aryl methyl sites for hydroxylation is 1. The van der Waals surface area contributed by atoms with Crippen molar-refractivity contribution in [3.63, 3.8) is 0 Å². The Kier molecular flexibility index (Phi) is 3.17. The van der Waals surface area contributed by atoms with Gasteiger partial charge < -0.3 is 10.6 Å². The molecule has 2 N–H and O–H groups in total. The average molecular weight is 310 g/mol. The molecule has 1 aliphatic heterocycles. The Morgan fingerprint density at radius 3 is 2.52 bits per heavy atom. The number of piperidine rings is 1. The third kappa shape index (κ3) is 2.30. The van der Waals surface area contributed by atoms with Crippen molar-refractivity contribution >= 4 is 16.7 Å². The second-order valence-corrected chi connectivity index (χ2v) is 7.31. The van der Waals surface area contributed by atoms with Gasteiger partial charge in [-0.1, -0.05) is 24.3 Å². The first-order valence-corrected chi connectivity index (χ1v) is 8.24. The summed E-state index contributed by atoms with van der Waals surface area (Å²) in [5.74, 6) is 1.36. The van der Waals surface area contributed by atoms with Crippen molar-refractivity contribution in [2.24, 2.45) is 17.8 Å². The fourth-order valence-corrected chi connectivity index (χ4v) is 3.96. The third-order valence-corrected chi connectivity index (χ3v) is 5.29. The van der Waals surface area contributed by atoms with E-state index < -0.39 is 5.54 Å². The van der Waals surface area contributed by atoms with Crippen molar-refractivity contribution in [1.29, 1.82) is 0 Å². The van der Waals surface area contributed by atoms with E-state index in [2.05, 4.69) is 33.0 Å². The predicted octanol–water partition coefficient (Wildman–Crippen LogP) is 1.75. The minimum atomic E-state index is -0.540. The van der Waals surface area contributed by atoms with Crippen LogP contribution in [0.15, 0.2) is 24.3 Å². The molecule has 5 nitrogen and oxygen atoms in total. The molecule has 1 saturated carbocycles. The molecule has 2 heterocycles.